The molecule has 0 saturated carbocycles. The van der Waals surface area contributed by atoms with Gasteiger partial charge in [-0.2, -0.15) is 5.10 Å². The summed E-state index contributed by atoms with van der Waals surface area (Å²) in [4.78, 5) is 36.9. The summed E-state index contributed by atoms with van der Waals surface area (Å²) in [5.74, 6) is -1.14. The number of hydrogen-bond acceptors (Lipinski definition) is 4. The lowest BCUT2D eigenvalue weighted by atomic mass is 10.3. The zero-order chi connectivity index (χ0) is 14.7. The second-order valence-electron chi connectivity index (χ2n) is 4.49. The number of aromatic nitrogens is 2. The van der Waals surface area contributed by atoms with Gasteiger partial charge in [0.1, 0.15) is 13.1 Å². The maximum Gasteiger partial charge on any atom is 0.325 e. The van der Waals surface area contributed by atoms with Crippen molar-refractivity contribution in [2.45, 2.75) is 6.54 Å². The molecule has 1 fully saturated rings. The Kier molecular flexibility index (Phi) is 3.87. The van der Waals surface area contributed by atoms with Crippen LogP contribution in [0.3, 0.4) is 0 Å². The highest BCUT2D eigenvalue weighted by Gasteiger charge is 2.24. The minimum atomic E-state index is -1.02. The fourth-order valence-corrected chi connectivity index (χ4v) is 1.79. The van der Waals surface area contributed by atoms with Gasteiger partial charge in [0.2, 0.25) is 5.91 Å². The molecule has 0 unspecified atom stereocenters. The standard InChI is InChI=1S/C11H15N5O4/c1-14-2-3-15(6-9(14)17)11(20)13-8-4-12-16(5-8)7-10(18)19/h4-5H,2-3,6-7H2,1H3,(H,13,20)(H,18,19). The van der Waals surface area contributed by atoms with Crippen LogP contribution in [0.15, 0.2) is 12.4 Å². The van der Waals surface area contributed by atoms with Gasteiger partial charge >= 0.3 is 12.0 Å². The van der Waals surface area contributed by atoms with Crippen LogP contribution in [-0.4, -0.2) is 69.3 Å². The molecule has 0 aromatic carbocycles. The first-order valence-electron chi connectivity index (χ1n) is 6.00. The Morgan fingerprint density at radius 3 is 2.85 bits per heavy atom. The fraction of sp³-hybridized carbons (Fsp3) is 0.455. The van der Waals surface area contributed by atoms with Gasteiger partial charge in [-0.15, -0.1) is 0 Å². The molecule has 9 heteroatoms. The molecule has 108 valence electrons. The number of likely N-dealkylation sites (N-methyl/N-ethyl adjacent to an activating group) is 1. The summed E-state index contributed by atoms with van der Waals surface area (Å²) in [5, 5.41) is 15.0. The average Bonchev–Trinajstić information content (AvgIpc) is 2.79. The Hall–Kier alpha value is -2.58. The van der Waals surface area contributed by atoms with Crippen molar-refractivity contribution in [1.82, 2.24) is 19.6 Å². The van der Waals surface area contributed by atoms with Crippen molar-refractivity contribution < 1.29 is 19.5 Å². The normalized spacial score (nSPS) is 15.3. The van der Waals surface area contributed by atoms with Crippen molar-refractivity contribution in [3.05, 3.63) is 12.4 Å². The molecule has 9 nitrogen and oxygen atoms in total. The third-order valence-electron chi connectivity index (χ3n) is 2.93. The number of urea groups is 1. The van der Waals surface area contributed by atoms with Gasteiger partial charge in [0.05, 0.1) is 11.9 Å². The first-order valence-corrected chi connectivity index (χ1v) is 6.00. The van der Waals surface area contributed by atoms with Gasteiger partial charge in [0.25, 0.3) is 0 Å². The Labute approximate surface area is 114 Å². The van der Waals surface area contributed by atoms with Crippen LogP contribution in [0.4, 0.5) is 10.5 Å². The number of carbonyl (C=O) groups is 3. The van der Waals surface area contributed by atoms with E-state index >= 15 is 0 Å². The summed E-state index contributed by atoms with van der Waals surface area (Å²) in [5.41, 5.74) is 0.391. The van der Waals surface area contributed by atoms with Gasteiger partial charge in [0, 0.05) is 26.3 Å². The summed E-state index contributed by atoms with van der Waals surface area (Å²) in [6, 6.07) is -0.402. The van der Waals surface area contributed by atoms with Crippen molar-refractivity contribution in [3.8, 4) is 0 Å². The van der Waals surface area contributed by atoms with E-state index in [0.29, 0.717) is 18.8 Å². The number of rotatable bonds is 3. The Morgan fingerprint density at radius 2 is 2.20 bits per heavy atom. The first-order chi connectivity index (χ1) is 9.45. The number of carbonyl (C=O) groups excluding carboxylic acids is 2. The lowest BCUT2D eigenvalue weighted by molar-refractivity contribution is -0.138. The van der Waals surface area contributed by atoms with E-state index in [1.165, 1.54) is 22.0 Å². The van der Waals surface area contributed by atoms with Crippen LogP contribution in [0, 0.1) is 0 Å². The quantitative estimate of drug-likeness (QED) is 0.759. The second-order valence-corrected chi connectivity index (χ2v) is 4.49. The summed E-state index contributed by atoms with van der Waals surface area (Å²) in [6.07, 6.45) is 2.78. The van der Waals surface area contributed by atoms with Crippen molar-refractivity contribution in [1.29, 1.82) is 0 Å². The highest BCUT2D eigenvalue weighted by molar-refractivity contribution is 5.92. The molecule has 20 heavy (non-hydrogen) atoms. The number of piperazine rings is 1. The maximum absolute atomic E-state index is 11.9. The number of carboxylic acid groups (broad SMARTS) is 1. The molecule has 1 saturated heterocycles. The Bertz CT molecular complexity index is 541. The molecule has 1 aliphatic rings. The zero-order valence-corrected chi connectivity index (χ0v) is 10.9. The molecule has 0 aliphatic carbocycles. The van der Waals surface area contributed by atoms with E-state index in [9.17, 15) is 14.4 Å². The fourth-order valence-electron chi connectivity index (χ4n) is 1.79. The van der Waals surface area contributed by atoms with Crippen LogP contribution < -0.4 is 5.32 Å². The van der Waals surface area contributed by atoms with Crippen LogP contribution in [-0.2, 0) is 16.1 Å². The number of aliphatic carboxylic acids is 1. The minimum absolute atomic E-state index is 0.0333. The van der Waals surface area contributed by atoms with E-state index in [1.807, 2.05) is 0 Å². The lowest BCUT2D eigenvalue weighted by Crippen LogP contribution is -2.51. The molecule has 3 amide bonds. The summed E-state index contributed by atoms with van der Waals surface area (Å²) >= 11 is 0. The topological polar surface area (TPSA) is 108 Å². The monoisotopic (exact) mass is 281 g/mol. The summed E-state index contributed by atoms with van der Waals surface area (Å²) in [7, 11) is 1.69. The van der Waals surface area contributed by atoms with E-state index in [-0.39, 0.29) is 19.0 Å². The third kappa shape index (κ3) is 3.25. The zero-order valence-electron chi connectivity index (χ0n) is 10.9. The molecule has 0 atom stereocenters. The number of amides is 3. The van der Waals surface area contributed by atoms with E-state index < -0.39 is 12.0 Å². The number of hydrogen-bond donors (Lipinski definition) is 2. The van der Waals surface area contributed by atoms with E-state index in [0.717, 1.165) is 0 Å². The third-order valence-corrected chi connectivity index (χ3v) is 2.93. The van der Waals surface area contributed by atoms with Gasteiger partial charge in [-0.3, -0.25) is 14.3 Å². The molecule has 1 aromatic rings. The van der Waals surface area contributed by atoms with Crippen LogP contribution in [0.5, 0.6) is 0 Å². The highest BCUT2D eigenvalue weighted by Crippen LogP contribution is 2.08. The van der Waals surface area contributed by atoms with Crippen molar-refractivity contribution >= 4 is 23.6 Å². The van der Waals surface area contributed by atoms with Gasteiger partial charge in [-0.25, -0.2) is 4.79 Å². The number of anilines is 1. The Balaban J connectivity index is 1.92. The summed E-state index contributed by atoms with van der Waals surface area (Å²) < 4.78 is 1.20. The number of carboxylic acids is 1. The smallest absolute Gasteiger partial charge is 0.325 e. The molecule has 2 rings (SSSR count). The predicted molar refractivity (Wildman–Crippen MR) is 68.1 cm³/mol. The highest BCUT2D eigenvalue weighted by atomic mass is 16.4. The van der Waals surface area contributed by atoms with Crippen LogP contribution in [0.1, 0.15) is 0 Å². The largest absolute Gasteiger partial charge is 0.480 e. The molecule has 0 bridgehead atoms. The molecule has 2 heterocycles. The van der Waals surface area contributed by atoms with E-state index in [1.54, 1.807) is 11.9 Å². The van der Waals surface area contributed by atoms with Crippen molar-refractivity contribution in [3.63, 3.8) is 0 Å². The van der Waals surface area contributed by atoms with Crippen molar-refractivity contribution in [2.75, 3.05) is 32.0 Å². The molecule has 2 N–H and O–H groups in total. The lowest BCUT2D eigenvalue weighted by Gasteiger charge is -2.31. The van der Waals surface area contributed by atoms with Gasteiger partial charge < -0.3 is 20.2 Å². The molecule has 0 radical (unpaired) electrons. The van der Waals surface area contributed by atoms with Gasteiger partial charge in [0.15, 0.2) is 0 Å². The van der Waals surface area contributed by atoms with Crippen LogP contribution in [0.25, 0.3) is 0 Å². The Morgan fingerprint density at radius 1 is 1.45 bits per heavy atom. The summed E-state index contributed by atoms with van der Waals surface area (Å²) in [6.45, 7) is 0.705. The molecule has 0 spiro atoms. The van der Waals surface area contributed by atoms with Gasteiger partial charge in [-0.1, -0.05) is 0 Å². The molecule has 1 aromatic heterocycles. The molecular formula is C11H15N5O4. The first kappa shape index (κ1) is 13.8. The second kappa shape index (κ2) is 5.59. The average molecular weight is 281 g/mol. The predicted octanol–water partition coefficient (Wildman–Crippen LogP) is -0.726. The van der Waals surface area contributed by atoms with E-state index in [4.69, 9.17) is 5.11 Å². The van der Waals surface area contributed by atoms with E-state index in [2.05, 4.69) is 10.4 Å². The minimum Gasteiger partial charge on any atom is -0.480 e. The van der Waals surface area contributed by atoms with Gasteiger partial charge in [-0.05, 0) is 0 Å². The van der Waals surface area contributed by atoms with Crippen LogP contribution in [0.2, 0.25) is 0 Å². The number of nitrogens with one attached hydrogen (secondary N) is 1. The maximum atomic E-state index is 11.9. The SMILES string of the molecule is CN1CCN(C(=O)Nc2cnn(CC(=O)O)c2)CC1=O. The molecular weight excluding hydrogens is 266 g/mol. The van der Waals surface area contributed by atoms with Crippen molar-refractivity contribution in [2.24, 2.45) is 0 Å². The van der Waals surface area contributed by atoms with Crippen LogP contribution >= 0.6 is 0 Å². The number of nitrogens with zero attached hydrogens (tertiary/aromatic N) is 4. The molecule has 1 aliphatic heterocycles.